The molecule has 2 rings (SSSR count). The van der Waals surface area contributed by atoms with Gasteiger partial charge in [-0.2, -0.15) is 0 Å². The first-order chi connectivity index (χ1) is 8.56. The second kappa shape index (κ2) is 5.12. The van der Waals surface area contributed by atoms with Crippen molar-refractivity contribution >= 4 is 21.0 Å². The first-order valence-corrected chi connectivity index (χ1v) is 7.70. The summed E-state index contributed by atoms with van der Waals surface area (Å²) < 4.78 is 11.1. The summed E-state index contributed by atoms with van der Waals surface area (Å²) in [5.74, 6) is 0.955. The maximum absolute atomic E-state index is 5.57. The molecule has 0 atom stereocenters. The van der Waals surface area contributed by atoms with E-state index in [2.05, 4.69) is 44.2 Å². The van der Waals surface area contributed by atoms with E-state index in [-0.39, 0.29) is 5.60 Å². The van der Waals surface area contributed by atoms with E-state index in [9.17, 15) is 0 Å². The van der Waals surface area contributed by atoms with Crippen LogP contribution >= 0.6 is 0 Å². The van der Waals surface area contributed by atoms with Crippen LogP contribution in [-0.2, 0) is 10.3 Å². The maximum Gasteiger partial charge on any atom is 0.119 e. The summed E-state index contributed by atoms with van der Waals surface area (Å²) in [4.78, 5) is 0. The molecule has 2 nitrogen and oxygen atoms in total. The summed E-state index contributed by atoms with van der Waals surface area (Å²) in [7, 11) is 2.80. The Labute approximate surface area is 111 Å². The normalized spacial score (nSPS) is 11.9. The molecule has 0 saturated carbocycles. The van der Waals surface area contributed by atoms with Crippen LogP contribution < -0.4 is 4.74 Å². The minimum atomic E-state index is -0.252. The van der Waals surface area contributed by atoms with Crippen LogP contribution in [0.3, 0.4) is 0 Å². The van der Waals surface area contributed by atoms with E-state index in [0.29, 0.717) is 0 Å². The van der Waals surface area contributed by atoms with Crippen molar-refractivity contribution in [2.24, 2.45) is 0 Å². The van der Waals surface area contributed by atoms with E-state index in [1.54, 1.807) is 7.11 Å². The molecular formula is C15H20O2Si. The first kappa shape index (κ1) is 13.1. The van der Waals surface area contributed by atoms with Gasteiger partial charge >= 0.3 is 0 Å². The molecule has 2 aromatic rings. The van der Waals surface area contributed by atoms with Crippen LogP contribution in [0, 0.1) is 0 Å². The van der Waals surface area contributed by atoms with Crippen molar-refractivity contribution in [1.82, 2.24) is 0 Å². The Kier molecular flexibility index (Phi) is 3.73. The van der Waals surface area contributed by atoms with Crippen LogP contribution in [0.1, 0.15) is 19.4 Å². The molecule has 0 saturated heterocycles. The quantitative estimate of drug-likeness (QED) is 0.786. The summed E-state index contributed by atoms with van der Waals surface area (Å²) in [6.07, 6.45) is 0.834. The van der Waals surface area contributed by atoms with Crippen LogP contribution in [0.15, 0.2) is 36.4 Å². The van der Waals surface area contributed by atoms with Gasteiger partial charge in [-0.3, -0.25) is 0 Å². The highest BCUT2D eigenvalue weighted by Gasteiger charge is 2.19. The lowest BCUT2D eigenvalue weighted by molar-refractivity contribution is 0.0193. The van der Waals surface area contributed by atoms with Crippen molar-refractivity contribution in [3.8, 4) is 5.75 Å². The highest BCUT2D eigenvalue weighted by atomic mass is 28.1. The summed E-state index contributed by atoms with van der Waals surface area (Å²) in [5.41, 5.74) is 0.937. The average molecular weight is 260 g/mol. The second-order valence-electron chi connectivity index (χ2n) is 4.87. The van der Waals surface area contributed by atoms with Crippen molar-refractivity contribution in [2.75, 3.05) is 13.3 Å². The van der Waals surface area contributed by atoms with Gasteiger partial charge in [0.2, 0.25) is 0 Å². The summed E-state index contributed by atoms with van der Waals surface area (Å²) in [5, 5.41) is 2.43. The minimum Gasteiger partial charge on any atom is -0.498 e. The van der Waals surface area contributed by atoms with Gasteiger partial charge in [-0.15, -0.1) is 0 Å². The SMILES string of the molecule is COC(C)(C)c1ccc2cc(OC[SiH3])ccc2c1. The van der Waals surface area contributed by atoms with Gasteiger partial charge in [-0.1, -0.05) is 18.2 Å². The Bertz CT molecular complexity index is 549. The Balaban J connectivity index is 2.44. The summed E-state index contributed by atoms with van der Waals surface area (Å²) in [6.45, 7) is 4.15. The van der Waals surface area contributed by atoms with Crippen molar-refractivity contribution in [1.29, 1.82) is 0 Å². The van der Waals surface area contributed by atoms with Gasteiger partial charge in [0.05, 0.1) is 22.1 Å². The van der Waals surface area contributed by atoms with Crippen molar-refractivity contribution in [2.45, 2.75) is 19.4 Å². The van der Waals surface area contributed by atoms with Crippen LogP contribution in [0.4, 0.5) is 0 Å². The monoisotopic (exact) mass is 260 g/mol. The summed E-state index contributed by atoms with van der Waals surface area (Å²) >= 11 is 0. The molecule has 0 unspecified atom stereocenters. The van der Waals surface area contributed by atoms with E-state index in [1.807, 2.05) is 6.07 Å². The number of hydrogen-bond acceptors (Lipinski definition) is 2. The third-order valence-corrected chi connectivity index (χ3v) is 3.62. The largest absolute Gasteiger partial charge is 0.498 e. The number of rotatable bonds is 4. The molecule has 0 aliphatic carbocycles. The smallest absolute Gasteiger partial charge is 0.119 e. The predicted octanol–water partition coefficient (Wildman–Crippen LogP) is 2.42. The van der Waals surface area contributed by atoms with Gasteiger partial charge in [0.1, 0.15) is 5.75 Å². The molecule has 0 radical (unpaired) electrons. The zero-order valence-electron chi connectivity index (χ0n) is 11.5. The van der Waals surface area contributed by atoms with Crippen molar-refractivity contribution in [3.63, 3.8) is 0 Å². The van der Waals surface area contributed by atoms with E-state index in [4.69, 9.17) is 9.47 Å². The third-order valence-electron chi connectivity index (χ3n) is 3.33. The molecule has 0 aromatic heterocycles. The lowest BCUT2D eigenvalue weighted by Gasteiger charge is -2.23. The first-order valence-electron chi connectivity index (χ1n) is 6.29. The topological polar surface area (TPSA) is 18.5 Å². The van der Waals surface area contributed by atoms with Gasteiger partial charge in [0, 0.05) is 7.11 Å². The number of ether oxygens (including phenoxy) is 2. The Morgan fingerprint density at radius 2 is 1.72 bits per heavy atom. The molecule has 96 valence electrons. The molecule has 0 aliphatic rings. The second-order valence-corrected chi connectivity index (χ2v) is 5.45. The predicted molar refractivity (Wildman–Crippen MR) is 79.4 cm³/mol. The van der Waals surface area contributed by atoms with Gasteiger partial charge in [-0.05, 0) is 48.4 Å². The molecule has 0 bridgehead atoms. The third kappa shape index (κ3) is 2.57. The fraction of sp³-hybridized carbons (Fsp3) is 0.333. The van der Waals surface area contributed by atoms with E-state index < -0.39 is 0 Å². The van der Waals surface area contributed by atoms with E-state index in [1.165, 1.54) is 16.3 Å². The average Bonchev–Trinajstić information content (AvgIpc) is 2.38. The van der Waals surface area contributed by atoms with Gasteiger partial charge in [0.25, 0.3) is 0 Å². The minimum absolute atomic E-state index is 0.252. The molecule has 2 aromatic carbocycles. The lowest BCUT2D eigenvalue weighted by atomic mass is 9.95. The number of benzene rings is 2. The van der Waals surface area contributed by atoms with Crippen LogP contribution in [0.5, 0.6) is 5.75 Å². The number of fused-ring (bicyclic) bond motifs is 1. The van der Waals surface area contributed by atoms with Gasteiger partial charge < -0.3 is 9.47 Å². The molecule has 3 heteroatoms. The fourth-order valence-corrected chi connectivity index (χ4v) is 2.31. The van der Waals surface area contributed by atoms with Crippen LogP contribution in [0.25, 0.3) is 10.8 Å². The summed E-state index contributed by atoms with van der Waals surface area (Å²) in [6, 6.07) is 12.7. The zero-order valence-corrected chi connectivity index (χ0v) is 13.5. The Hall–Kier alpha value is -1.32. The van der Waals surface area contributed by atoms with Gasteiger partial charge in [0.15, 0.2) is 0 Å². The molecule has 0 heterocycles. The molecule has 0 aliphatic heterocycles. The lowest BCUT2D eigenvalue weighted by Crippen LogP contribution is -2.19. The Morgan fingerprint density at radius 1 is 1.06 bits per heavy atom. The Morgan fingerprint density at radius 3 is 2.39 bits per heavy atom. The maximum atomic E-state index is 5.57. The molecule has 0 amide bonds. The van der Waals surface area contributed by atoms with E-state index in [0.717, 1.165) is 22.2 Å². The molecule has 0 spiro atoms. The van der Waals surface area contributed by atoms with Crippen molar-refractivity contribution < 1.29 is 9.47 Å². The molecular weight excluding hydrogens is 240 g/mol. The number of methoxy groups -OCH3 is 1. The molecule has 18 heavy (non-hydrogen) atoms. The standard InChI is InChI=1S/C15H20O2Si/c1-15(2,16-3)13-6-4-12-9-14(17-10-18)7-5-11(12)8-13/h4-9H,10H2,1-3,18H3. The fourth-order valence-electron chi connectivity index (χ4n) is 1.97. The molecule has 0 N–H and O–H groups in total. The number of hydrogen-bond donors (Lipinski definition) is 0. The van der Waals surface area contributed by atoms with Crippen LogP contribution in [0.2, 0.25) is 0 Å². The highest BCUT2D eigenvalue weighted by molar-refractivity contribution is 6.08. The zero-order chi connectivity index (χ0) is 13.2. The van der Waals surface area contributed by atoms with Gasteiger partial charge in [-0.25, -0.2) is 0 Å². The molecule has 0 fully saturated rings. The van der Waals surface area contributed by atoms with Crippen LogP contribution in [-0.4, -0.2) is 23.6 Å². The highest BCUT2D eigenvalue weighted by Crippen LogP contribution is 2.28. The van der Waals surface area contributed by atoms with Crippen molar-refractivity contribution in [3.05, 3.63) is 42.0 Å². The van der Waals surface area contributed by atoms with E-state index >= 15 is 0 Å².